The van der Waals surface area contributed by atoms with Crippen molar-refractivity contribution in [1.82, 2.24) is 10.2 Å². The van der Waals surface area contributed by atoms with E-state index in [1.54, 1.807) is 6.92 Å². The average Bonchev–Trinajstić information content (AvgIpc) is 2.11. The number of carbonyl (C=O) groups is 2. The largest absolute Gasteiger partial charge is 0.343 e. The monoisotopic (exact) mass is 230 g/mol. The maximum Gasteiger partial charge on any atom is 0.245 e. The lowest BCUT2D eigenvalue weighted by Crippen LogP contribution is -2.66. The Balaban J connectivity index is 3.01. The lowest BCUT2D eigenvalue weighted by atomic mass is 9.83. The molecule has 1 fully saturated rings. The van der Waals surface area contributed by atoms with E-state index in [1.165, 1.54) is 4.90 Å². The molecule has 5 heteroatoms. The quantitative estimate of drug-likeness (QED) is 0.760. The molecule has 1 aliphatic heterocycles. The number of hydrogen-bond donors (Lipinski definition) is 1. The fourth-order valence-corrected chi connectivity index (χ4v) is 2.06. The van der Waals surface area contributed by atoms with Gasteiger partial charge in [-0.05, 0) is 12.3 Å². The topological polar surface area (TPSA) is 49.4 Å². The maximum absolute atomic E-state index is 12.4. The van der Waals surface area contributed by atoms with Gasteiger partial charge in [-0.3, -0.25) is 9.59 Å². The predicted molar refractivity (Wildman–Crippen MR) is 58.5 cm³/mol. The van der Waals surface area contributed by atoms with E-state index in [-0.39, 0.29) is 18.4 Å². The molecule has 2 atom stereocenters. The average molecular weight is 230 g/mol. The zero-order valence-electron chi connectivity index (χ0n) is 10.2. The second-order valence-electron chi connectivity index (χ2n) is 5.22. The molecule has 0 aliphatic carbocycles. The molecule has 0 aromatic heterocycles. The number of carbonyl (C=O) groups excluding carboxylic acids is 2. The molecular weight excluding hydrogens is 211 g/mol. The van der Waals surface area contributed by atoms with Crippen LogP contribution in [0.25, 0.3) is 0 Å². The van der Waals surface area contributed by atoms with Gasteiger partial charge in [0.1, 0.15) is 18.8 Å². The summed E-state index contributed by atoms with van der Waals surface area (Å²) in [6.45, 7) is 6.57. The zero-order valence-corrected chi connectivity index (χ0v) is 10.2. The number of rotatable bonds is 2. The predicted octanol–water partition coefficient (Wildman–Crippen LogP) is 0.717. The molecular formula is C11H19FN2O2. The summed E-state index contributed by atoms with van der Waals surface area (Å²) in [5, 5.41) is 2.62. The zero-order chi connectivity index (χ0) is 12.5. The fourth-order valence-electron chi connectivity index (χ4n) is 2.06. The van der Waals surface area contributed by atoms with Crippen molar-refractivity contribution < 1.29 is 14.0 Å². The Morgan fingerprint density at radius 2 is 1.94 bits per heavy atom. The minimum Gasteiger partial charge on any atom is -0.343 e. The van der Waals surface area contributed by atoms with E-state index < -0.39 is 24.2 Å². The molecule has 1 aliphatic rings. The molecule has 0 spiro atoms. The number of hydrogen-bond acceptors (Lipinski definition) is 2. The first-order valence-electron chi connectivity index (χ1n) is 5.46. The van der Waals surface area contributed by atoms with Gasteiger partial charge in [0.05, 0.1) is 0 Å². The summed E-state index contributed by atoms with van der Waals surface area (Å²) in [6.07, 6.45) is 0. The van der Waals surface area contributed by atoms with Crippen molar-refractivity contribution in [1.29, 1.82) is 0 Å². The van der Waals surface area contributed by atoms with Gasteiger partial charge >= 0.3 is 0 Å². The van der Waals surface area contributed by atoms with Crippen LogP contribution in [0.1, 0.15) is 27.7 Å². The first kappa shape index (κ1) is 12.9. The number of nitrogens with one attached hydrogen (secondary N) is 1. The first-order chi connectivity index (χ1) is 7.29. The lowest BCUT2D eigenvalue weighted by molar-refractivity contribution is -0.153. The fraction of sp³-hybridized carbons (Fsp3) is 0.818. The highest BCUT2D eigenvalue weighted by atomic mass is 19.1. The van der Waals surface area contributed by atoms with Crippen LogP contribution in [0, 0.1) is 5.41 Å². The smallest absolute Gasteiger partial charge is 0.245 e. The third-order valence-electron chi connectivity index (χ3n) is 2.72. The van der Waals surface area contributed by atoms with Gasteiger partial charge in [0.2, 0.25) is 11.8 Å². The van der Waals surface area contributed by atoms with Crippen LogP contribution in [0.2, 0.25) is 0 Å². The molecule has 0 aromatic rings. The number of alkyl halides is 1. The van der Waals surface area contributed by atoms with Gasteiger partial charge in [0.25, 0.3) is 0 Å². The van der Waals surface area contributed by atoms with E-state index in [0.29, 0.717) is 0 Å². The molecule has 92 valence electrons. The van der Waals surface area contributed by atoms with Crippen molar-refractivity contribution in [2.75, 3.05) is 13.2 Å². The summed E-state index contributed by atoms with van der Waals surface area (Å²) >= 11 is 0. The Hall–Kier alpha value is -1.13. The van der Waals surface area contributed by atoms with E-state index in [9.17, 15) is 14.0 Å². The van der Waals surface area contributed by atoms with Crippen LogP contribution in [0.15, 0.2) is 0 Å². The van der Waals surface area contributed by atoms with Crippen LogP contribution in [0.4, 0.5) is 4.39 Å². The molecule has 0 saturated carbocycles. The third-order valence-corrected chi connectivity index (χ3v) is 2.72. The molecule has 1 saturated heterocycles. The van der Waals surface area contributed by atoms with Gasteiger partial charge in [0.15, 0.2) is 0 Å². The number of amides is 2. The van der Waals surface area contributed by atoms with Crippen LogP contribution in [0.3, 0.4) is 0 Å². The standard InChI is InChI=1S/C11H19FN2O2/c1-7-10(16)14(6-5-12)8(9(15)13-7)11(2,3)4/h7-8H,5-6H2,1-4H3,(H,13,15). The van der Waals surface area contributed by atoms with Crippen molar-refractivity contribution in [3.8, 4) is 0 Å². The number of piperazine rings is 1. The van der Waals surface area contributed by atoms with E-state index in [4.69, 9.17) is 0 Å². The van der Waals surface area contributed by atoms with Gasteiger partial charge in [-0.1, -0.05) is 20.8 Å². The molecule has 0 bridgehead atoms. The van der Waals surface area contributed by atoms with Gasteiger partial charge in [-0.25, -0.2) is 4.39 Å². The summed E-state index contributed by atoms with van der Waals surface area (Å²) in [6, 6.07) is -1.15. The van der Waals surface area contributed by atoms with E-state index in [1.807, 2.05) is 20.8 Å². The Kier molecular flexibility index (Phi) is 3.55. The van der Waals surface area contributed by atoms with Crippen molar-refractivity contribution in [2.24, 2.45) is 5.41 Å². The minimum absolute atomic E-state index is 0.0153. The molecule has 2 unspecified atom stereocenters. The van der Waals surface area contributed by atoms with Gasteiger partial charge in [-0.2, -0.15) is 0 Å². The van der Waals surface area contributed by atoms with Crippen molar-refractivity contribution in [3.63, 3.8) is 0 Å². The molecule has 2 amide bonds. The molecule has 1 heterocycles. The molecule has 0 radical (unpaired) electrons. The number of halogens is 1. The summed E-state index contributed by atoms with van der Waals surface area (Å²) in [4.78, 5) is 25.1. The van der Waals surface area contributed by atoms with Crippen LogP contribution in [0.5, 0.6) is 0 Å². The van der Waals surface area contributed by atoms with Crippen LogP contribution < -0.4 is 5.32 Å². The highest BCUT2D eigenvalue weighted by Gasteiger charge is 2.44. The van der Waals surface area contributed by atoms with Gasteiger partial charge in [-0.15, -0.1) is 0 Å². The molecule has 16 heavy (non-hydrogen) atoms. The van der Waals surface area contributed by atoms with Crippen LogP contribution in [-0.2, 0) is 9.59 Å². The van der Waals surface area contributed by atoms with Crippen molar-refractivity contribution in [2.45, 2.75) is 39.8 Å². The molecule has 1 N–H and O–H groups in total. The van der Waals surface area contributed by atoms with E-state index >= 15 is 0 Å². The van der Waals surface area contributed by atoms with E-state index in [0.717, 1.165) is 0 Å². The third kappa shape index (κ3) is 2.33. The van der Waals surface area contributed by atoms with Crippen LogP contribution >= 0.6 is 0 Å². The van der Waals surface area contributed by atoms with Gasteiger partial charge in [0, 0.05) is 6.54 Å². The summed E-state index contributed by atoms with van der Waals surface area (Å²) in [5.74, 6) is -0.412. The Morgan fingerprint density at radius 3 is 2.38 bits per heavy atom. The second-order valence-corrected chi connectivity index (χ2v) is 5.22. The lowest BCUT2D eigenvalue weighted by Gasteiger charge is -2.43. The van der Waals surface area contributed by atoms with Gasteiger partial charge < -0.3 is 10.2 Å². The SMILES string of the molecule is CC1NC(=O)C(C(C)(C)C)N(CCF)C1=O. The normalized spacial score (nSPS) is 26.9. The molecule has 0 aromatic carbocycles. The summed E-state index contributed by atoms with van der Waals surface area (Å²) in [7, 11) is 0. The molecule has 4 nitrogen and oxygen atoms in total. The Labute approximate surface area is 95.2 Å². The van der Waals surface area contributed by atoms with Crippen LogP contribution in [-0.4, -0.2) is 42.0 Å². The highest BCUT2D eigenvalue weighted by molar-refractivity contribution is 5.97. The Morgan fingerprint density at radius 1 is 1.38 bits per heavy atom. The highest BCUT2D eigenvalue weighted by Crippen LogP contribution is 2.27. The van der Waals surface area contributed by atoms with Crippen molar-refractivity contribution >= 4 is 11.8 Å². The second kappa shape index (κ2) is 4.39. The maximum atomic E-state index is 12.4. The number of nitrogens with zero attached hydrogens (tertiary/aromatic N) is 1. The van der Waals surface area contributed by atoms with E-state index in [2.05, 4.69) is 5.32 Å². The first-order valence-corrected chi connectivity index (χ1v) is 5.46. The summed E-state index contributed by atoms with van der Waals surface area (Å²) in [5.41, 5.74) is -0.394. The Bertz CT molecular complexity index is 299. The van der Waals surface area contributed by atoms with Crippen molar-refractivity contribution in [3.05, 3.63) is 0 Å². The summed E-state index contributed by atoms with van der Waals surface area (Å²) < 4.78 is 12.4. The minimum atomic E-state index is -0.627. The molecule has 1 rings (SSSR count).